The highest BCUT2D eigenvalue weighted by atomic mass is 14.7. The molecule has 0 saturated heterocycles. The maximum Gasteiger partial charge on any atom is 0.0413 e. The summed E-state index contributed by atoms with van der Waals surface area (Å²) < 4.78 is 0. The SMILES string of the molecule is C(CCC1Cc2ccccc21)=NCC1CCCCC1. The lowest BCUT2D eigenvalue weighted by Gasteiger charge is -2.29. The van der Waals surface area contributed by atoms with Crippen molar-refractivity contribution >= 4 is 6.21 Å². The molecule has 1 saturated carbocycles. The lowest BCUT2D eigenvalue weighted by Crippen LogP contribution is -2.16. The molecule has 0 aliphatic heterocycles. The Kier molecular flexibility index (Phi) is 4.32. The molecule has 1 aromatic carbocycles. The summed E-state index contributed by atoms with van der Waals surface area (Å²) in [5, 5.41) is 0. The van der Waals surface area contributed by atoms with Crippen molar-refractivity contribution in [2.24, 2.45) is 10.9 Å². The maximum absolute atomic E-state index is 4.66. The van der Waals surface area contributed by atoms with Crippen LogP contribution in [0, 0.1) is 5.92 Å². The van der Waals surface area contributed by atoms with E-state index in [4.69, 9.17) is 0 Å². The van der Waals surface area contributed by atoms with Crippen LogP contribution in [0.25, 0.3) is 0 Å². The van der Waals surface area contributed by atoms with Gasteiger partial charge < -0.3 is 0 Å². The van der Waals surface area contributed by atoms with Crippen LogP contribution in [0.1, 0.15) is 62.0 Å². The number of hydrogen-bond donors (Lipinski definition) is 0. The molecule has 1 unspecified atom stereocenters. The Morgan fingerprint density at radius 3 is 2.79 bits per heavy atom. The molecule has 3 rings (SSSR count). The molecule has 2 aliphatic rings. The van der Waals surface area contributed by atoms with Gasteiger partial charge in [-0.2, -0.15) is 0 Å². The van der Waals surface area contributed by atoms with Crippen LogP contribution in [0.15, 0.2) is 29.3 Å². The molecular formula is C18H25N. The van der Waals surface area contributed by atoms with Gasteiger partial charge in [-0.25, -0.2) is 0 Å². The molecule has 0 heterocycles. The molecule has 19 heavy (non-hydrogen) atoms. The van der Waals surface area contributed by atoms with E-state index in [0.717, 1.165) is 24.8 Å². The van der Waals surface area contributed by atoms with Crippen LogP contribution in [0.3, 0.4) is 0 Å². The molecule has 1 heteroatoms. The number of nitrogens with zero attached hydrogens (tertiary/aromatic N) is 1. The predicted molar refractivity (Wildman–Crippen MR) is 82.1 cm³/mol. The fourth-order valence-electron chi connectivity index (χ4n) is 3.58. The summed E-state index contributed by atoms with van der Waals surface area (Å²) >= 11 is 0. The molecule has 2 aliphatic carbocycles. The highest BCUT2D eigenvalue weighted by molar-refractivity contribution is 5.57. The molecule has 1 fully saturated rings. The molecule has 0 bridgehead atoms. The van der Waals surface area contributed by atoms with Gasteiger partial charge in [-0.15, -0.1) is 0 Å². The number of benzene rings is 1. The average Bonchev–Trinajstić information content (AvgIpc) is 2.44. The zero-order chi connectivity index (χ0) is 12.9. The van der Waals surface area contributed by atoms with E-state index in [1.54, 1.807) is 11.1 Å². The summed E-state index contributed by atoms with van der Waals surface area (Å²) in [6, 6.07) is 8.88. The van der Waals surface area contributed by atoms with E-state index in [-0.39, 0.29) is 0 Å². The van der Waals surface area contributed by atoms with Crippen molar-refractivity contribution in [3.63, 3.8) is 0 Å². The van der Waals surface area contributed by atoms with E-state index in [2.05, 4.69) is 35.5 Å². The lowest BCUT2D eigenvalue weighted by atomic mass is 9.75. The Morgan fingerprint density at radius 2 is 1.95 bits per heavy atom. The van der Waals surface area contributed by atoms with Crippen molar-refractivity contribution in [2.75, 3.05) is 6.54 Å². The summed E-state index contributed by atoms with van der Waals surface area (Å²) in [5.74, 6) is 1.69. The Balaban J connectivity index is 1.35. The fourth-order valence-corrected chi connectivity index (χ4v) is 3.58. The third-order valence-corrected chi connectivity index (χ3v) is 4.82. The van der Waals surface area contributed by atoms with E-state index in [0.29, 0.717) is 0 Å². The van der Waals surface area contributed by atoms with Gasteiger partial charge in [0.25, 0.3) is 0 Å². The smallest absolute Gasteiger partial charge is 0.0413 e. The first-order valence-electron chi connectivity index (χ1n) is 7.99. The van der Waals surface area contributed by atoms with Gasteiger partial charge in [0.15, 0.2) is 0 Å². The molecule has 1 nitrogen and oxygen atoms in total. The topological polar surface area (TPSA) is 12.4 Å². The first kappa shape index (κ1) is 12.9. The van der Waals surface area contributed by atoms with Gasteiger partial charge >= 0.3 is 0 Å². The molecule has 0 N–H and O–H groups in total. The van der Waals surface area contributed by atoms with Crippen LogP contribution in [0.2, 0.25) is 0 Å². The van der Waals surface area contributed by atoms with Gasteiger partial charge in [0.2, 0.25) is 0 Å². The van der Waals surface area contributed by atoms with Crippen molar-refractivity contribution in [3.05, 3.63) is 35.4 Å². The summed E-state index contributed by atoms with van der Waals surface area (Å²) in [4.78, 5) is 4.66. The minimum absolute atomic E-state index is 0.803. The Morgan fingerprint density at radius 1 is 1.11 bits per heavy atom. The number of hydrogen-bond acceptors (Lipinski definition) is 1. The maximum atomic E-state index is 4.66. The highest BCUT2D eigenvalue weighted by Crippen LogP contribution is 2.37. The Hall–Kier alpha value is -1.11. The first-order valence-corrected chi connectivity index (χ1v) is 7.99. The molecule has 102 valence electrons. The van der Waals surface area contributed by atoms with Crippen molar-refractivity contribution in [1.82, 2.24) is 0 Å². The first-order chi connectivity index (χ1) is 9.43. The minimum Gasteiger partial charge on any atom is -0.297 e. The van der Waals surface area contributed by atoms with Gasteiger partial charge in [0.05, 0.1) is 0 Å². The van der Waals surface area contributed by atoms with E-state index in [9.17, 15) is 0 Å². The van der Waals surface area contributed by atoms with E-state index >= 15 is 0 Å². The Labute approximate surface area is 117 Å². The molecular weight excluding hydrogens is 230 g/mol. The number of rotatable bonds is 5. The number of fused-ring (bicyclic) bond motifs is 1. The van der Waals surface area contributed by atoms with E-state index in [1.165, 1.54) is 44.9 Å². The van der Waals surface area contributed by atoms with Gasteiger partial charge in [-0.3, -0.25) is 4.99 Å². The monoisotopic (exact) mass is 255 g/mol. The summed E-state index contributed by atoms with van der Waals surface area (Å²) in [6.07, 6.45) is 13.0. The number of aliphatic imine (C=N–C) groups is 1. The van der Waals surface area contributed by atoms with Crippen LogP contribution in [-0.4, -0.2) is 12.8 Å². The van der Waals surface area contributed by atoms with E-state index in [1.807, 2.05) is 0 Å². The molecule has 1 aromatic rings. The molecule has 0 radical (unpaired) electrons. The second-order valence-corrected chi connectivity index (χ2v) is 6.23. The summed E-state index contributed by atoms with van der Waals surface area (Å²) in [6.45, 7) is 1.08. The minimum atomic E-state index is 0.803. The average molecular weight is 255 g/mol. The fraction of sp³-hybridized carbons (Fsp3) is 0.611. The van der Waals surface area contributed by atoms with Crippen molar-refractivity contribution in [3.8, 4) is 0 Å². The van der Waals surface area contributed by atoms with Crippen LogP contribution in [0.5, 0.6) is 0 Å². The standard InChI is InChI=1S/C18H25N/c1-2-7-15(8-3-1)14-19-12-6-10-17-13-16-9-4-5-11-18(16)17/h4-5,9,11-12,15,17H,1-3,6-8,10,13-14H2. The van der Waals surface area contributed by atoms with Crippen LogP contribution in [-0.2, 0) is 6.42 Å². The second kappa shape index (κ2) is 6.36. The van der Waals surface area contributed by atoms with Crippen LogP contribution >= 0.6 is 0 Å². The Bertz CT molecular complexity index is 429. The zero-order valence-corrected chi connectivity index (χ0v) is 11.9. The van der Waals surface area contributed by atoms with Crippen molar-refractivity contribution in [2.45, 2.75) is 57.3 Å². The van der Waals surface area contributed by atoms with Crippen molar-refractivity contribution in [1.29, 1.82) is 0 Å². The largest absolute Gasteiger partial charge is 0.297 e. The van der Waals surface area contributed by atoms with E-state index < -0.39 is 0 Å². The summed E-state index contributed by atoms with van der Waals surface area (Å²) in [7, 11) is 0. The molecule has 0 aromatic heterocycles. The third-order valence-electron chi connectivity index (χ3n) is 4.82. The van der Waals surface area contributed by atoms with Gasteiger partial charge in [0, 0.05) is 6.54 Å². The third kappa shape index (κ3) is 3.26. The molecule has 0 spiro atoms. The van der Waals surface area contributed by atoms with Gasteiger partial charge in [-0.05, 0) is 61.3 Å². The lowest BCUT2D eigenvalue weighted by molar-refractivity contribution is 0.367. The predicted octanol–water partition coefficient (Wildman–Crippen LogP) is 4.76. The van der Waals surface area contributed by atoms with Gasteiger partial charge in [0.1, 0.15) is 0 Å². The normalized spacial score (nSPS) is 23.3. The quantitative estimate of drug-likeness (QED) is 0.673. The summed E-state index contributed by atoms with van der Waals surface area (Å²) in [5.41, 5.74) is 3.15. The zero-order valence-electron chi connectivity index (χ0n) is 11.9. The second-order valence-electron chi connectivity index (χ2n) is 6.23. The van der Waals surface area contributed by atoms with Crippen molar-refractivity contribution < 1.29 is 0 Å². The van der Waals surface area contributed by atoms with Crippen LogP contribution in [0.4, 0.5) is 0 Å². The van der Waals surface area contributed by atoms with Gasteiger partial charge in [-0.1, -0.05) is 43.5 Å². The highest BCUT2D eigenvalue weighted by Gasteiger charge is 2.24. The van der Waals surface area contributed by atoms with Crippen LogP contribution < -0.4 is 0 Å². The molecule has 1 atom stereocenters. The molecule has 0 amide bonds.